The van der Waals surface area contributed by atoms with Crippen LogP contribution < -0.4 is 0 Å². The highest BCUT2D eigenvalue weighted by atomic mass is 16.2. The Morgan fingerprint density at radius 2 is 1.86 bits per heavy atom. The fourth-order valence-electron chi connectivity index (χ4n) is 2.30. The maximum atomic E-state index is 11.9. The van der Waals surface area contributed by atoms with Gasteiger partial charge in [0.2, 0.25) is 5.91 Å². The summed E-state index contributed by atoms with van der Waals surface area (Å²) in [6.45, 7) is 3.03. The van der Waals surface area contributed by atoms with Crippen molar-refractivity contribution in [1.82, 2.24) is 4.90 Å². The molecule has 0 bridgehead atoms. The summed E-state index contributed by atoms with van der Waals surface area (Å²) >= 11 is 0. The normalized spacial score (nSPS) is 27.5. The molecule has 78 valence electrons. The number of Topliss-reactive ketones (excluding diaryl/α,β-unsaturated/α-hetero) is 1. The molecule has 0 spiro atoms. The second-order valence-corrected chi connectivity index (χ2v) is 4.48. The van der Waals surface area contributed by atoms with Crippen LogP contribution in [0.5, 0.6) is 0 Å². The summed E-state index contributed by atoms with van der Waals surface area (Å²) in [5.41, 5.74) is 0. The largest absolute Gasteiger partial charge is 0.342 e. The van der Waals surface area contributed by atoms with Gasteiger partial charge in [0, 0.05) is 31.8 Å². The van der Waals surface area contributed by atoms with Gasteiger partial charge in [0.25, 0.3) is 0 Å². The molecule has 0 aromatic carbocycles. The number of carbonyl (C=O) groups is 2. The van der Waals surface area contributed by atoms with E-state index in [1.54, 1.807) is 11.8 Å². The quantitative estimate of drug-likeness (QED) is 0.664. The molecule has 0 aromatic heterocycles. The molecule has 14 heavy (non-hydrogen) atoms. The van der Waals surface area contributed by atoms with Crippen molar-refractivity contribution in [3.05, 3.63) is 0 Å². The molecule has 1 saturated carbocycles. The number of carbonyl (C=O) groups excluding carboxylic acids is 2. The lowest BCUT2D eigenvalue weighted by Crippen LogP contribution is -2.32. The minimum absolute atomic E-state index is 0.105. The predicted molar refractivity (Wildman–Crippen MR) is 52.7 cm³/mol. The van der Waals surface area contributed by atoms with Crippen molar-refractivity contribution >= 4 is 11.7 Å². The van der Waals surface area contributed by atoms with Crippen LogP contribution in [-0.2, 0) is 9.59 Å². The van der Waals surface area contributed by atoms with Crippen LogP contribution in [0.3, 0.4) is 0 Å². The third-order valence-corrected chi connectivity index (χ3v) is 3.54. The first-order valence-corrected chi connectivity index (χ1v) is 5.47. The van der Waals surface area contributed by atoms with Crippen LogP contribution in [0.1, 0.15) is 32.6 Å². The Kier molecular flexibility index (Phi) is 2.57. The number of amides is 1. The van der Waals surface area contributed by atoms with Crippen molar-refractivity contribution in [2.75, 3.05) is 13.1 Å². The molecule has 0 radical (unpaired) electrons. The lowest BCUT2D eigenvalue weighted by atomic mass is 9.77. The van der Waals surface area contributed by atoms with Gasteiger partial charge in [-0.05, 0) is 19.3 Å². The first-order valence-electron chi connectivity index (χ1n) is 5.47. The van der Waals surface area contributed by atoms with Crippen LogP contribution in [0.2, 0.25) is 0 Å². The highest BCUT2D eigenvalue weighted by molar-refractivity contribution is 5.85. The third kappa shape index (κ3) is 1.68. The average molecular weight is 195 g/mol. The van der Waals surface area contributed by atoms with E-state index in [0.29, 0.717) is 18.2 Å². The number of rotatable bonds is 2. The first kappa shape index (κ1) is 9.69. The Bertz CT molecular complexity index is 258. The van der Waals surface area contributed by atoms with Crippen LogP contribution in [0.15, 0.2) is 0 Å². The zero-order chi connectivity index (χ0) is 10.1. The van der Waals surface area contributed by atoms with Gasteiger partial charge < -0.3 is 4.90 Å². The van der Waals surface area contributed by atoms with E-state index in [9.17, 15) is 9.59 Å². The van der Waals surface area contributed by atoms with Crippen LogP contribution in [0, 0.1) is 11.8 Å². The molecule has 1 saturated heterocycles. The third-order valence-electron chi connectivity index (χ3n) is 3.54. The Hall–Kier alpha value is -0.860. The molecule has 0 aromatic rings. The summed E-state index contributed by atoms with van der Waals surface area (Å²) in [6.07, 6.45) is 4.25. The minimum Gasteiger partial charge on any atom is -0.342 e. The number of hydrogen-bond donors (Lipinski definition) is 0. The van der Waals surface area contributed by atoms with Crippen molar-refractivity contribution in [2.24, 2.45) is 11.8 Å². The lowest BCUT2D eigenvalue weighted by Gasteiger charge is -2.26. The Balaban J connectivity index is 1.88. The maximum absolute atomic E-state index is 11.9. The van der Waals surface area contributed by atoms with Gasteiger partial charge in [-0.1, -0.05) is 6.42 Å². The molecule has 1 aliphatic heterocycles. The summed E-state index contributed by atoms with van der Waals surface area (Å²) < 4.78 is 0. The molecule has 1 aliphatic carbocycles. The fraction of sp³-hybridized carbons (Fsp3) is 0.818. The molecule has 2 rings (SSSR count). The molecule has 3 heteroatoms. The standard InChI is InChI=1S/C11H17NO2/c1-8(13)12-6-5-10(7-12)11(14)9-3-2-4-9/h9-10H,2-7H2,1H3. The van der Waals surface area contributed by atoms with E-state index in [1.165, 1.54) is 6.42 Å². The zero-order valence-electron chi connectivity index (χ0n) is 8.66. The van der Waals surface area contributed by atoms with Crippen molar-refractivity contribution in [1.29, 1.82) is 0 Å². The number of ketones is 1. The van der Waals surface area contributed by atoms with Gasteiger partial charge in [0.15, 0.2) is 0 Å². The van der Waals surface area contributed by atoms with E-state index in [0.717, 1.165) is 25.8 Å². The summed E-state index contributed by atoms with van der Waals surface area (Å²) in [5, 5.41) is 0. The first-order chi connectivity index (χ1) is 6.68. The molecular weight excluding hydrogens is 178 g/mol. The highest BCUT2D eigenvalue weighted by Crippen LogP contribution is 2.32. The second kappa shape index (κ2) is 3.71. The van der Waals surface area contributed by atoms with E-state index >= 15 is 0 Å². The van der Waals surface area contributed by atoms with E-state index < -0.39 is 0 Å². The van der Waals surface area contributed by atoms with Crippen molar-refractivity contribution in [3.8, 4) is 0 Å². The van der Waals surface area contributed by atoms with E-state index in [1.807, 2.05) is 0 Å². The Morgan fingerprint density at radius 1 is 1.14 bits per heavy atom. The predicted octanol–water partition coefficient (Wildman–Crippen LogP) is 1.22. The number of nitrogens with zero attached hydrogens (tertiary/aromatic N) is 1. The molecular formula is C11H17NO2. The molecule has 1 heterocycles. The molecule has 1 atom stereocenters. The Morgan fingerprint density at radius 3 is 2.29 bits per heavy atom. The van der Waals surface area contributed by atoms with Crippen LogP contribution in [-0.4, -0.2) is 29.7 Å². The summed E-state index contributed by atoms with van der Waals surface area (Å²) in [6, 6.07) is 0. The molecule has 3 nitrogen and oxygen atoms in total. The minimum atomic E-state index is 0.105. The smallest absolute Gasteiger partial charge is 0.219 e. The highest BCUT2D eigenvalue weighted by Gasteiger charge is 2.35. The molecule has 1 amide bonds. The van der Waals surface area contributed by atoms with Gasteiger partial charge in [-0.3, -0.25) is 9.59 Å². The van der Waals surface area contributed by atoms with E-state index in [2.05, 4.69) is 0 Å². The molecule has 0 N–H and O–H groups in total. The van der Waals surface area contributed by atoms with E-state index in [-0.39, 0.29) is 11.8 Å². The van der Waals surface area contributed by atoms with Crippen LogP contribution >= 0.6 is 0 Å². The van der Waals surface area contributed by atoms with Crippen molar-refractivity contribution in [2.45, 2.75) is 32.6 Å². The number of likely N-dealkylation sites (tertiary alicyclic amines) is 1. The van der Waals surface area contributed by atoms with Gasteiger partial charge in [-0.25, -0.2) is 0 Å². The zero-order valence-corrected chi connectivity index (χ0v) is 8.66. The van der Waals surface area contributed by atoms with Crippen molar-refractivity contribution in [3.63, 3.8) is 0 Å². The van der Waals surface area contributed by atoms with Gasteiger partial charge >= 0.3 is 0 Å². The second-order valence-electron chi connectivity index (χ2n) is 4.48. The Labute approximate surface area is 84.5 Å². The summed E-state index contributed by atoms with van der Waals surface area (Å²) in [7, 11) is 0. The van der Waals surface area contributed by atoms with Gasteiger partial charge in [-0.15, -0.1) is 0 Å². The molecule has 2 aliphatic rings. The fourth-order valence-corrected chi connectivity index (χ4v) is 2.30. The maximum Gasteiger partial charge on any atom is 0.219 e. The number of hydrogen-bond acceptors (Lipinski definition) is 2. The SMILES string of the molecule is CC(=O)N1CCC(C(=O)C2CCC2)C1. The topological polar surface area (TPSA) is 37.4 Å². The molecule has 2 fully saturated rings. The lowest BCUT2D eigenvalue weighted by molar-refractivity contribution is -0.130. The monoisotopic (exact) mass is 195 g/mol. The van der Waals surface area contributed by atoms with Crippen molar-refractivity contribution < 1.29 is 9.59 Å². The van der Waals surface area contributed by atoms with Crippen LogP contribution in [0.4, 0.5) is 0 Å². The van der Waals surface area contributed by atoms with Gasteiger partial charge in [0.1, 0.15) is 5.78 Å². The van der Waals surface area contributed by atoms with Gasteiger partial charge in [-0.2, -0.15) is 0 Å². The van der Waals surface area contributed by atoms with Gasteiger partial charge in [0.05, 0.1) is 0 Å². The molecule has 1 unspecified atom stereocenters. The van der Waals surface area contributed by atoms with E-state index in [4.69, 9.17) is 0 Å². The summed E-state index contributed by atoms with van der Waals surface area (Å²) in [4.78, 5) is 24.7. The summed E-state index contributed by atoms with van der Waals surface area (Å²) in [5.74, 6) is 0.991. The van der Waals surface area contributed by atoms with Crippen LogP contribution in [0.25, 0.3) is 0 Å². The average Bonchev–Trinajstić information content (AvgIpc) is 2.48.